The summed E-state index contributed by atoms with van der Waals surface area (Å²) in [5.41, 5.74) is 4.70. The predicted octanol–water partition coefficient (Wildman–Crippen LogP) is 2.53. The van der Waals surface area contributed by atoms with Crippen molar-refractivity contribution in [1.82, 2.24) is 24.2 Å². The van der Waals surface area contributed by atoms with Crippen molar-refractivity contribution >= 4 is 11.0 Å². The maximum atomic E-state index is 4.84. The third kappa shape index (κ3) is 2.00. The van der Waals surface area contributed by atoms with Crippen LogP contribution in [0, 0.1) is 0 Å². The number of fused-ring (bicyclic) bond motifs is 3. The van der Waals surface area contributed by atoms with E-state index in [1.165, 1.54) is 17.0 Å². The second-order valence-corrected chi connectivity index (χ2v) is 5.99. The van der Waals surface area contributed by atoms with E-state index in [0.29, 0.717) is 0 Å². The first-order chi connectivity index (χ1) is 11.4. The molecule has 0 radical (unpaired) electrons. The first-order valence-electron chi connectivity index (χ1n) is 8.01. The lowest BCUT2D eigenvalue weighted by molar-refractivity contribution is 0.359. The molecular weight excluding hydrogens is 286 g/mol. The van der Waals surface area contributed by atoms with Crippen LogP contribution in [0.15, 0.2) is 60.6 Å². The van der Waals surface area contributed by atoms with Crippen LogP contribution in [0.1, 0.15) is 5.82 Å². The predicted molar refractivity (Wildman–Crippen MR) is 89.4 cm³/mol. The molecule has 0 amide bonds. The SMILES string of the molecule is C1=CC(N2CCc3nc4ccc(-n5cccn5)cc4n3CC2)=C1. The second-order valence-electron chi connectivity index (χ2n) is 5.99. The number of imidazole rings is 1. The number of benzene rings is 1. The molecule has 5 nitrogen and oxygen atoms in total. The Bertz CT molecular complexity index is 930. The molecule has 1 aliphatic heterocycles. The van der Waals surface area contributed by atoms with Crippen molar-refractivity contribution in [3.05, 3.63) is 66.4 Å². The lowest BCUT2D eigenvalue weighted by Crippen LogP contribution is -2.26. The fraction of sp³-hybridized carbons (Fsp3) is 0.222. The first kappa shape index (κ1) is 12.7. The molecule has 2 aromatic heterocycles. The van der Waals surface area contributed by atoms with E-state index in [1.54, 1.807) is 6.20 Å². The molecule has 1 aliphatic carbocycles. The van der Waals surface area contributed by atoms with Crippen molar-refractivity contribution in [2.45, 2.75) is 13.0 Å². The first-order valence-corrected chi connectivity index (χ1v) is 8.01. The van der Waals surface area contributed by atoms with Gasteiger partial charge in [-0.15, -0.1) is 0 Å². The van der Waals surface area contributed by atoms with Crippen LogP contribution in [0.25, 0.3) is 16.7 Å². The van der Waals surface area contributed by atoms with Crippen molar-refractivity contribution in [2.75, 3.05) is 13.1 Å². The van der Waals surface area contributed by atoms with Crippen molar-refractivity contribution in [1.29, 1.82) is 0 Å². The van der Waals surface area contributed by atoms with E-state index in [9.17, 15) is 0 Å². The molecular formula is C18H17N5. The zero-order chi connectivity index (χ0) is 15.2. The number of nitrogens with zero attached hydrogens (tertiary/aromatic N) is 5. The highest BCUT2D eigenvalue weighted by atomic mass is 15.3. The molecule has 0 N–H and O–H groups in total. The number of rotatable bonds is 2. The van der Waals surface area contributed by atoms with Crippen LogP contribution in [-0.4, -0.2) is 37.3 Å². The molecule has 5 rings (SSSR count). The maximum Gasteiger partial charge on any atom is 0.111 e. The average molecular weight is 303 g/mol. The van der Waals surface area contributed by atoms with Gasteiger partial charge in [-0.3, -0.25) is 0 Å². The molecule has 0 spiro atoms. The molecule has 0 saturated carbocycles. The normalized spacial score (nSPS) is 16.9. The van der Waals surface area contributed by atoms with Gasteiger partial charge in [-0.1, -0.05) is 6.08 Å². The molecule has 2 aliphatic rings. The monoisotopic (exact) mass is 303 g/mol. The molecule has 3 heterocycles. The van der Waals surface area contributed by atoms with E-state index >= 15 is 0 Å². The van der Waals surface area contributed by atoms with Gasteiger partial charge in [0.05, 0.1) is 16.7 Å². The van der Waals surface area contributed by atoms with Gasteiger partial charge in [0.2, 0.25) is 0 Å². The molecule has 0 saturated heterocycles. The van der Waals surface area contributed by atoms with E-state index in [2.05, 4.69) is 51.0 Å². The molecule has 1 aromatic carbocycles. The van der Waals surface area contributed by atoms with Gasteiger partial charge in [-0.25, -0.2) is 9.67 Å². The Kier molecular flexibility index (Phi) is 2.67. The molecule has 114 valence electrons. The summed E-state index contributed by atoms with van der Waals surface area (Å²) in [4.78, 5) is 7.28. The Labute approximate surface area is 134 Å². The summed E-state index contributed by atoms with van der Waals surface area (Å²) >= 11 is 0. The molecule has 0 fully saturated rings. The fourth-order valence-electron chi connectivity index (χ4n) is 3.38. The molecule has 0 atom stereocenters. The Morgan fingerprint density at radius 2 is 2.04 bits per heavy atom. The molecule has 0 bridgehead atoms. The highest BCUT2D eigenvalue weighted by Crippen LogP contribution is 2.24. The van der Waals surface area contributed by atoms with Gasteiger partial charge in [0.1, 0.15) is 5.82 Å². The van der Waals surface area contributed by atoms with Crippen molar-refractivity contribution < 1.29 is 0 Å². The van der Waals surface area contributed by atoms with Crippen molar-refractivity contribution in [3.63, 3.8) is 0 Å². The van der Waals surface area contributed by atoms with Gasteiger partial charge < -0.3 is 9.47 Å². The lowest BCUT2D eigenvalue weighted by atomic mass is 10.2. The van der Waals surface area contributed by atoms with Gasteiger partial charge >= 0.3 is 0 Å². The van der Waals surface area contributed by atoms with Gasteiger partial charge in [0, 0.05) is 44.1 Å². The molecule has 23 heavy (non-hydrogen) atoms. The third-order valence-corrected chi connectivity index (χ3v) is 4.68. The van der Waals surface area contributed by atoms with Crippen molar-refractivity contribution in [3.8, 4) is 5.69 Å². The minimum atomic E-state index is 0.972. The summed E-state index contributed by atoms with van der Waals surface area (Å²) in [6, 6.07) is 8.32. The molecule has 5 heteroatoms. The Morgan fingerprint density at radius 3 is 2.83 bits per heavy atom. The third-order valence-electron chi connectivity index (χ3n) is 4.68. The van der Waals surface area contributed by atoms with Crippen LogP contribution in [0.2, 0.25) is 0 Å². The fourth-order valence-corrected chi connectivity index (χ4v) is 3.38. The minimum Gasteiger partial charge on any atom is -0.369 e. The highest BCUT2D eigenvalue weighted by molar-refractivity contribution is 5.78. The van der Waals surface area contributed by atoms with Crippen LogP contribution < -0.4 is 0 Å². The van der Waals surface area contributed by atoms with Crippen LogP contribution in [0.4, 0.5) is 0 Å². The van der Waals surface area contributed by atoms with E-state index in [0.717, 1.165) is 37.3 Å². The van der Waals surface area contributed by atoms with Crippen LogP contribution in [0.3, 0.4) is 0 Å². The quantitative estimate of drug-likeness (QED) is 0.730. The van der Waals surface area contributed by atoms with E-state index in [4.69, 9.17) is 4.98 Å². The van der Waals surface area contributed by atoms with Crippen LogP contribution >= 0.6 is 0 Å². The Hall–Kier alpha value is -2.82. The van der Waals surface area contributed by atoms with E-state index in [1.807, 2.05) is 16.9 Å². The van der Waals surface area contributed by atoms with Gasteiger partial charge in [0.25, 0.3) is 0 Å². The Morgan fingerprint density at radius 1 is 1.09 bits per heavy atom. The zero-order valence-electron chi connectivity index (χ0n) is 12.8. The summed E-state index contributed by atoms with van der Waals surface area (Å²) in [6.45, 7) is 3.03. The summed E-state index contributed by atoms with van der Waals surface area (Å²) < 4.78 is 4.26. The molecule has 0 unspecified atom stereocenters. The molecule has 3 aromatic rings. The zero-order valence-corrected chi connectivity index (χ0v) is 12.8. The van der Waals surface area contributed by atoms with Crippen molar-refractivity contribution in [2.24, 2.45) is 0 Å². The minimum absolute atomic E-state index is 0.972. The second kappa shape index (κ2) is 4.84. The maximum absolute atomic E-state index is 4.84. The number of aromatic nitrogens is 4. The standard InChI is InChI=1S/C18H17N5/c1-3-14(4-1)21-10-7-18-20-16-6-5-15(23-9-2-8-19-23)13-17(16)22(18)12-11-21/h1-6,8-9,13H,7,10-12H2. The van der Waals surface area contributed by atoms with Crippen LogP contribution in [-0.2, 0) is 13.0 Å². The largest absolute Gasteiger partial charge is 0.369 e. The smallest absolute Gasteiger partial charge is 0.111 e. The van der Waals surface area contributed by atoms with Gasteiger partial charge in [0.15, 0.2) is 0 Å². The van der Waals surface area contributed by atoms with Gasteiger partial charge in [-0.05, 0) is 36.4 Å². The number of allylic oxidation sites excluding steroid dienone is 3. The summed E-state index contributed by atoms with van der Waals surface area (Å²) in [6.07, 6.45) is 11.2. The summed E-state index contributed by atoms with van der Waals surface area (Å²) in [5, 5.41) is 4.33. The topological polar surface area (TPSA) is 38.9 Å². The summed E-state index contributed by atoms with van der Waals surface area (Å²) in [7, 11) is 0. The van der Waals surface area contributed by atoms with Crippen LogP contribution in [0.5, 0.6) is 0 Å². The van der Waals surface area contributed by atoms with Gasteiger partial charge in [-0.2, -0.15) is 5.10 Å². The van der Waals surface area contributed by atoms with E-state index in [-0.39, 0.29) is 0 Å². The Balaban J connectivity index is 1.54. The lowest BCUT2D eigenvalue weighted by Gasteiger charge is -2.25. The highest BCUT2D eigenvalue weighted by Gasteiger charge is 2.19. The summed E-state index contributed by atoms with van der Waals surface area (Å²) in [5.74, 6) is 1.18. The van der Waals surface area contributed by atoms with E-state index < -0.39 is 0 Å². The number of hydrogen-bond donors (Lipinski definition) is 0. The average Bonchev–Trinajstić information content (AvgIpc) is 3.11. The number of hydrogen-bond acceptors (Lipinski definition) is 3.